The Morgan fingerprint density at radius 3 is 2.40 bits per heavy atom. The molecule has 0 bridgehead atoms. The Kier molecular flexibility index (Phi) is 4.13. The number of amides is 3. The van der Waals surface area contributed by atoms with Gasteiger partial charge in [0.1, 0.15) is 0 Å². The van der Waals surface area contributed by atoms with Crippen molar-refractivity contribution in [2.24, 2.45) is 11.8 Å². The molecule has 25 heavy (non-hydrogen) atoms. The molecule has 2 saturated heterocycles. The van der Waals surface area contributed by atoms with Crippen LogP contribution in [0.15, 0.2) is 24.3 Å². The zero-order chi connectivity index (χ0) is 17.6. The lowest BCUT2D eigenvalue weighted by atomic mass is 9.79. The third-order valence-corrected chi connectivity index (χ3v) is 5.66. The standard InChI is InChI=1S/C18H23N3O4/c22-15-7-12-9-20(10-13(12)8-16(15)23)17(24)11-2-1-3-14(6-11)21-5-4-19-18(21)25/h1-3,6,12-13,15-16,22-23H,4-5,7-10H2,(H,19,25)/t12-,13+,15-,16-/m0/s1. The van der Waals surface area contributed by atoms with E-state index in [1.54, 1.807) is 23.1 Å². The van der Waals surface area contributed by atoms with E-state index in [-0.39, 0.29) is 23.8 Å². The molecule has 1 aromatic rings. The van der Waals surface area contributed by atoms with Gasteiger partial charge in [0.05, 0.1) is 12.2 Å². The van der Waals surface area contributed by atoms with E-state index in [4.69, 9.17) is 0 Å². The van der Waals surface area contributed by atoms with Crippen LogP contribution >= 0.6 is 0 Å². The number of nitrogens with zero attached hydrogens (tertiary/aromatic N) is 2. The Bertz CT molecular complexity index is 677. The van der Waals surface area contributed by atoms with Gasteiger partial charge >= 0.3 is 6.03 Å². The first-order chi connectivity index (χ1) is 12.0. The van der Waals surface area contributed by atoms with E-state index in [0.29, 0.717) is 44.6 Å². The summed E-state index contributed by atoms with van der Waals surface area (Å²) in [5.74, 6) is 0.435. The number of nitrogens with one attached hydrogen (secondary N) is 1. The average molecular weight is 345 g/mol. The highest BCUT2D eigenvalue weighted by Gasteiger charge is 2.42. The summed E-state index contributed by atoms with van der Waals surface area (Å²) in [4.78, 5) is 28.1. The molecule has 0 radical (unpaired) electrons. The molecule has 0 unspecified atom stereocenters. The number of aliphatic hydroxyl groups excluding tert-OH is 2. The monoisotopic (exact) mass is 345 g/mol. The van der Waals surface area contributed by atoms with Crippen LogP contribution in [-0.4, -0.2) is 65.4 Å². The maximum absolute atomic E-state index is 12.9. The molecule has 7 nitrogen and oxygen atoms in total. The van der Waals surface area contributed by atoms with Gasteiger partial charge in [-0.05, 0) is 42.9 Å². The van der Waals surface area contributed by atoms with Gasteiger partial charge in [-0.15, -0.1) is 0 Å². The number of carbonyl (C=O) groups is 2. The molecule has 1 saturated carbocycles. The Labute approximate surface area is 146 Å². The number of fused-ring (bicyclic) bond motifs is 1. The second-order valence-electron chi connectivity index (χ2n) is 7.27. The number of hydrogen-bond acceptors (Lipinski definition) is 4. The normalized spacial score (nSPS) is 31.8. The lowest BCUT2D eigenvalue weighted by Crippen LogP contribution is -2.38. The molecule has 1 aliphatic carbocycles. The van der Waals surface area contributed by atoms with E-state index in [2.05, 4.69) is 5.32 Å². The third kappa shape index (κ3) is 2.98. The SMILES string of the molecule is O=C(c1cccc(N2CCNC2=O)c1)N1C[C@H]2C[C@H](O)[C@@H](O)C[C@H]2C1. The number of benzene rings is 1. The van der Waals surface area contributed by atoms with Crippen molar-refractivity contribution in [2.75, 3.05) is 31.1 Å². The Balaban J connectivity index is 1.49. The topological polar surface area (TPSA) is 93.1 Å². The van der Waals surface area contributed by atoms with Crippen LogP contribution in [0.1, 0.15) is 23.2 Å². The minimum absolute atomic E-state index is 0.0557. The summed E-state index contributed by atoms with van der Waals surface area (Å²) in [7, 11) is 0. The van der Waals surface area contributed by atoms with Gasteiger partial charge in [0.2, 0.25) is 0 Å². The van der Waals surface area contributed by atoms with Crippen LogP contribution in [0.3, 0.4) is 0 Å². The van der Waals surface area contributed by atoms with Crippen LogP contribution in [0.25, 0.3) is 0 Å². The van der Waals surface area contributed by atoms with Crippen molar-refractivity contribution in [2.45, 2.75) is 25.0 Å². The van der Waals surface area contributed by atoms with E-state index in [0.717, 1.165) is 5.69 Å². The number of hydrogen-bond donors (Lipinski definition) is 3. The first-order valence-electron chi connectivity index (χ1n) is 8.84. The van der Waals surface area contributed by atoms with Crippen LogP contribution in [0.4, 0.5) is 10.5 Å². The van der Waals surface area contributed by atoms with Gasteiger partial charge in [-0.1, -0.05) is 6.07 Å². The summed E-state index contributed by atoms with van der Waals surface area (Å²) in [6.07, 6.45) is -0.283. The van der Waals surface area contributed by atoms with Crippen molar-refractivity contribution in [1.29, 1.82) is 0 Å². The van der Waals surface area contributed by atoms with E-state index < -0.39 is 12.2 Å². The van der Waals surface area contributed by atoms with E-state index in [1.165, 1.54) is 0 Å². The molecule has 3 amide bonds. The minimum atomic E-state index is -0.687. The fourth-order valence-corrected chi connectivity index (χ4v) is 4.28. The van der Waals surface area contributed by atoms with Crippen LogP contribution in [0.2, 0.25) is 0 Å². The molecule has 0 aromatic heterocycles. The van der Waals surface area contributed by atoms with Gasteiger partial charge in [0.15, 0.2) is 0 Å². The maximum atomic E-state index is 12.9. The second-order valence-corrected chi connectivity index (χ2v) is 7.27. The molecular formula is C18H23N3O4. The van der Waals surface area contributed by atoms with E-state index >= 15 is 0 Å². The summed E-state index contributed by atoms with van der Waals surface area (Å²) in [5, 5.41) is 22.5. The van der Waals surface area contributed by atoms with Crippen molar-refractivity contribution < 1.29 is 19.8 Å². The molecule has 7 heteroatoms. The molecule has 2 heterocycles. The molecule has 4 atom stereocenters. The van der Waals surface area contributed by atoms with Crippen LogP contribution in [-0.2, 0) is 0 Å². The fourth-order valence-electron chi connectivity index (χ4n) is 4.28. The van der Waals surface area contributed by atoms with Crippen LogP contribution < -0.4 is 10.2 Å². The summed E-state index contributed by atoms with van der Waals surface area (Å²) >= 11 is 0. The zero-order valence-corrected chi connectivity index (χ0v) is 14.0. The van der Waals surface area contributed by atoms with Gasteiger partial charge in [-0.3, -0.25) is 9.69 Å². The van der Waals surface area contributed by atoms with Crippen molar-refractivity contribution in [3.63, 3.8) is 0 Å². The number of aliphatic hydroxyl groups is 2. The molecule has 3 fully saturated rings. The second kappa shape index (κ2) is 6.31. The van der Waals surface area contributed by atoms with Crippen LogP contribution in [0, 0.1) is 11.8 Å². The quantitative estimate of drug-likeness (QED) is 0.724. The van der Waals surface area contributed by atoms with Gasteiger partial charge in [-0.2, -0.15) is 0 Å². The number of carbonyl (C=O) groups excluding carboxylic acids is 2. The van der Waals surface area contributed by atoms with Gasteiger partial charge in [0, 0.05) is 37.4 Å². The first-order valence-corrected chi connectivity index (χ1v) is 8.84. The lowest BCUT2D eigenvalue weighted by Gasteiger charge is -2.31. The predicted molar refractivity (Wildman–Crippen MR) is 91.3 cm³/mol. The highest BCUT2D eigenvalue weighted by atomic mass is 16.3. The Hall–Kier alpha value is -2.12. The average Bonchev–Trinajstić information content (AvgIpc) is 3.21. The summed E-state index contributed by atoms with van der Waals surface area (Å²) in [6, 6.07) is 7.02. The molecule has 2 aliphatic heterocycles. The van der Waals surface area contributed by atoms with Crippen molar-refractivity contribution >= 4 is 17.6 Å². The van der Waals surface area contributed by atoms with Gasteiger partial charge < -0.3 is 20.4 Å². The van der Waals surface area contributed by atoms with Crippen molar-refractivity contribution in [3.8, 4) is 0 Å². The molecule has 134 valence electrons. The minimum Gasteiger partial charge on any atom is -0.390 e. The summed E-state index contributed by atoms with van der Waals surface area (Å²) < 4.78 is 0. The number of anilines is 1. The molecule has 3 aliphatic rings. The van der Waals surface area contributed by atoms with Crippen LogP contribution in [0.5, 0.6) is 0 Å². The first kappa shape index (κ1) is 16.4. The highest BCUT2D eigenvalue weighted by Crippen LogP contribution is 2.37. The maximum Gasteiger partial charge on any atom is 0.321 e. The smallest absolute Gasteiger partial charge is 0.321 e. The van der Waals surface area contributed by atoms with Crippen molar-refractivity contribution in [1.82, 2.24) is 10.2 Å². The van der Waals surface area contributed by atoms with E-state index in [1.807, 2.05) is 11.0 Å². The summed E-state index contributed by atoms with van der Waals surface area (Å²) in [6.45, 7) is 2.43. The molecule has 4 rings (SSSR count). The molecule has 0 spiro atoms. The molecule has 3 N–H and O–H groups in total. The zero-order valence-electron chi connectivity index (χ0n) is 14.0. The highest BCUT2D eigenvalue weighted by molar-refractivity contribution is 5.98. The Morgan fingerprint density at radius 2 is 1.80 bits per heavy atom. The third-order valence-electron chi connectivity index (χ3n) is 5.66. The van der Waals surface area contributed by atoms with E-state index in [9.17, 15) is 19.8 Å². The lowest BCUT2D eigenvalue weighted by molar-refractivity contribution is -0.0372. The molecule has 1 aromatic carbocycles. The number of likely N-dealkylation sites (tertiary alicyclic amines) is 1. The number of rotatable bonds is 2. The predicted octanol–water partition coefficient (Wildman–Crippen LogP) is 0.420. The largest absolute Gasteiger partial charge is 0.390 e. The van der Waals surface area contributed by atoms with Gasteiger partial charge in [-0.25, -0.2) is 4.79 Å². The number of urea groups is 1. The molecular weight excluding hydrogens is 322 g/mol. The Morgan fingerprint density at radius 1 is 1.12 bits per heavy atom. The summed E-state index contributed by atoms with van der Waals surface area (Å²) in [5.41, 5.74) is 1.29. The van der Waals surface area contributed by atoms with Gasteiger partial charge in [0.25, 0.3) is 5.91 Å². The fraction of sp³-hybridized carbons (Fsp3) is 0.556. The van der Waals surface area contributed by atoms with Crippen molar-refractivity contribution in [3.05, 3.63) is 29.8 Å².